The Balaban J connectivity index is 2.03. The number of nitro groups is 1. The molecule has 1 aromatic rings. The third-order valence-electron chi connectivity index (χ3n) is 4.65. The summed E-state index contributed by atoms with van der Waals surface area (Å²) in [6, 6.07) is 6.23. The van der Waals surface area contributed by atoms with Crippen molar-refractivity contribution in [3.05, 3.63) is 39.9 Å². The molecule has 7 nitrogen and oxygen atoms in total. The lowest BCUT2D eigenvalue weighted by atomic mass is 9.94. The van der Waals surface area contributed by atoms with Gasteiger partial charge in [0.05, 0.1) is 4.92 Å². The van der Waals surface area contributed by atoms with Gasteiger partial charge in [-0.25, -0.2) is 0 Å². The lowest BCUT2D eigenvalue weighted by Crippen LogP contribution is -2.56. The van der Waals surface area contributed by atoms with Gasteiger partial charge in [0.15, 0.2) is 0 Å². The van der Waals surface area contributed by atoms with Crippen LogP contribution in [-0.4, -0.2) is 34.2 Å². The van der Waals surface area contributed by atoms with Crippen LogP contribution >= 0.6 is 0 Å². The van der Waals surface area contributed by atoms with Gasteiger partial charge in [0.25, 0.3) is 5.69 Å². The number of hydrogen-bond acceptors (Lipinski definition) is 4. The van der Waals surface area contributed by atoms with Gasteiger partial charge in [0.1, 0.15) is 5.54 Å². The second-order valence-corrected chi connectivity index (χ2v) is 5.98. The van der Waals surface area contributed by atoms with Crippen molar-refractivity contribution in [3.8, 4) is 0 Å². The molecule has 0 radical (unpaired) electrons. The van der Waals surface area contributed by atoms with Gasteiger partial charge in [0.2, 0.25) is 11.8 Å². The van der Waals surface area contributed by atoms with Crippen LogP contribution < -0.4 is 5.73 Å². The largest absolute Gasteiger partial charge is 0.368 e. The Kier molecular flexibility index (Phi) is 4.98. The molecule has 1 saturated carbocycles. The second kappa shape index (κ2) is 6.76. The van der Waals surface area contributed by atoms with Crippen molar-refractivity contribution in [2.45, 2.75) is 44.1 Å². The summed E-state index contributed by atoms with van der Waals surface area (Å²) in [5.41, 5.74) is 5.38. The molecule has 1 aliphatic carbocycles. The molecule has 124 valence electrons. The van der Waals surface area contributed by atoms with Crippen LogP contribution in [-0.2, 0) is 16.0 Å². The van der Waals surface area contributed by atoms with Crippen LogP contribution in [0.25, 0.3) is 0 Å². The van der Waals surface area contributed by atoms with Crippen LogP contribution in [0.3, 0.4) is 0 Å². The molecule has 0 heterocycles. The first kappa shape index (κ1) is 16.9. The Hall–Kier alpha value is -2.44. The summed E-state index contributed by atoms with van der Waals surface area (Å²) in [5, 5.41) is 10.8. The number of likely N-dealkylation sites (N-methyl/N-ethyl adjacent to an activating group) is 1. The summed E-state index contributed by atoms with van der Waals surface area (Å²) < 4.78 is 0. The fourth-order valence-corrected chi connectivity index (χ4v) is 3.19. The van der Waals surface area contributed by atoms with E-state index in [0.717, 1.165) is 18.4 Å². The molecule has 2 amide bonds. The number of hydrogen-bond donors (Lipinski definition) is 1. The highest BCUT2D eigenvalue weighted by Crippen LogP contribution is 2.34. The fraction of sp³-hybridized carbons (Fsp3) is 0.500. The zero-order valence-electron chi connectivity index (χ0n) is 13.2. The molecular formula is C16H21N3O4. The molecule has 0 spiro atoms. The Morgan fingerprint density at radius 2 is 2.00 bits per heavy atom. The van der Waals surface area contributed by atoms with E-state index in [1.54, 1.807) is 19.2 Å². The van der Waals surface area contributed by atoms with Gasteiger partial charge in [-0.05, 0) is 24.8 Å². The molecule has 0 atom stereocenters. The van der Waals surface area contributed by atoms with Gasteiger partial charge in [0, 0.05) is 25.6 Å². The van der Waals surface area contributed by atoms with Crippen molar-refractivity contribution in [1.29, 1.82) is 0 Å². The summed E-state index contributed by atoms with van der Waals surface area (Å²) >= 11 is 0. The molecule has 0 bridgehead atoms. The summed E-state index contributed by atoms with van der Waals surface area (Å²) in [6.45, 7) is 0. The highest BCUT2D eigenvalue weighted by Gasteiger charge is 2.45. The number of benzene rings is 1. The van der Waals surface area contributed by atoms with E-state index in [1.165, 1.54) is 17.0 Å². The van der Waals surface area contributed by atoms with Gasteiger partial charge in [-0.15, -0.1) is 0 Å². The van der Waals surface area contributed by atoms with Crippen LogP contribution in [0.2, 0.25) is 0 Å². The normalized spacial score (nSPS) is 16.0. The summed E-state index contributed by atoms with van der Waals surface area (Å²) in [5.74, 6) is -0.626. The molecule has 0 aliphatic heterocycles. The number of amides is 2. The standard InChI is InChI=1S/C16H21N3O4/c1-18(16(15(17)21)9-2-3-10-16)14(20)8-7-12-5-4-6-13(11-12)19(22)23/h4-6,11H,2-3,7-10H2,1H3,(H2,17,21). The van der Waals surface area contributed by atoms with E-state index in [-0.39, 0.29) is 18.0 Å². The summed E-state index contributed by atoms with van der Waals surface area (Å²) in [6.07, 6.45) is 3.53. The Morgan fingerprint density at radius 3 is 2.57 bits per heavy atom. The Bertz CT molecular complexity index is 624. The van der Waals surface area contributed by atoms with E-state index in [1.807, 2.05) is 0 Å². The number of aryl methyl sites for hydroxylation is 1. The van der Waals surface area contributed by atoms with E-state index in [4.69, 9.17) is 5.73 Å². The van der Waals surface area contributed by atoms with Crippen LogP contribution in [0.4, 0.5) is 5.69 Å². The maximum absolute atomic E-state index is 12.4. The third-order valence-corrected chi connectivity index (χ3v) is 4.65. The minimum absolute atomic E-state index is 0.00713. The van der Waals surface area contributed by atoms with Crippen LogP contribution in [0.15, 0.2) is 24.3 Å². The topological polar surface area (TPSA) is 107 Å². The predicted molar refractivity (Wildman–Crippen MR) is 84.6 cm³/mol. The average molecular weight is 319 g/mol. The predicted octanol–water partition coefficient (Wildman–Crippen LogP) is 1.78. The van der Waals surface area contributed by atoms with Crippen molar-refractivity contribution in [2.75, 3.05) is 7.05 Å². The molecule has 23 heavy (non-hydrogen) atoms. The first-order valence-corrected chi connectivity index (χ1v) is 7.67. The van der Waals surface area contributed by atoms with Gasteiger partial charge in [-0.1, -0.05) is 25.0 Å². The van der Waals surface area contributed by atoms with Gasteiger partial charge >= 0.3 is 0 Å². The van der Waals surface area contributed by atoms with Crippen molar-refractivity contribution in [1.82, 2.24) is 4.90 Å². The number of rotatable bonds is 6. The average Bonchev–Trinajstić information content (AvgIpc) is 3.03. The fourth-order valence-electron chi connectivity index (χ4n) is 3.19. The molecule has 0 aromatic heterocycles. The summed E-state index contributed by atoms with van der Waals surface area (Å²) in [7, 11) is 1.62. The molecule has 0 saturated heterocycles. The number of nitrogens with two attached hydrogens (primary N) is 1. The van der Waals surface area contributed by atoms with E-state index in [9.17, 15) is 19.7 Å². The molecule has 2 rings (SSSR count). The van der Waals surface area contributed by atoms with Crippen molar-refractivity contribution in [2.24, 2.45) is 5.73 Å². The van der Waals surface area contributed by atoms with Gasteiger partial charge < -0.3 is 10.6 Å². The SMILES string of the molecule is CN(C(=O)CCc1cccc([N+](=O)[O-])c1)C1(C(N)=O)CCCC1. The highest BCUT2D eigenvalue weighted by atomic mass is 16.6. The minimum Gasteiger partial charge on any atom is -0.368 e. The first-order valence-electron chi connectivity index (χ1n) is 7.67. The van der Waals surface area contributed by atoms with Gasteiger partial charge in [-0.3, -0.25) is 19.7 Å². The number of carbonyl (C=O) groups excluding carboxylic acids is 2. The van der Waals surface area contributed by atoms with Crippen molar-refractivity contribution < 1.29 is 14.5 Å². The van der Waals surface area contributed by atoms with Crippen LogP contribution in [0.5, 0.6) is 0 Å². The van der Waals surface area contributed by atoms with Gasteiger partial charge in [-0.2, -0.15) is 0 Å². The highest BCUT2D eigenvalue weighted by molar-refractivity contribution is 5.90. The Morgan fingerprint density at radius 1 is 1.35 bits per heavy atom. The maximum atomic E-state index is 12.4. The lowest BCUT2D eigenvalue weighted by Gasteiger charge is -2.36. The zero-order valence-corrected chi connectivity index (χ0v) is 13.2. The van der Waals surface area contributed by atoms with E-state index >= 15 is 0 Å². The third kappa shape index (κ3) is 3.49. The maximum Gasteiger partial charge on any atom is 0.269 e. The van der Waals surface area contributed by atoms with E-state index in [2.05, 4.69) is 0 Å². The molecule has 1 fully saturated rings. The number of primary amides is 1. The van der Waals surface area contributed by atoms with Crippen LogP contribution in [0, 0.1) is 10.1 Å². The lowest BCUT2D eigenvalue weighted by molar-refractivity contribution is -0.384. The first-order chi connectivity index (χ1) is 10.9. The second-order valence-electron chi connectivity index (χ2n) is 5.98. The summed E-state index contributed by atoms with van der Waals surface area (Å²) in [4.78, 5) is 36.0. The number of nitrogens with zero attached hydrogens (tertiary/aromatic N) is 2. The molecule has 2 N–H and O–H groups in total. The minimum atomic E-state index is -0.875. The van der Waals surface area contributed by atoms with Crippen molar-refractivity contribution >= 4 is 17.5 Å². The Labute approximate surface area is 134 Å². The number of nitro benzene ring substituents is 1. The molecular weight excluding hydrogens is 298 g/mol. The number of carbonyl (C=O) groups is 2. The zero-order chi connectivity index (χ0) is 17.0. The monoisotopic (exact) mass is 319 g/mol. The molecule has 7 heteroatoms. The smallest absolute Gasteiger partial charge is 0.269 e. The van der Waals surface area contributed by atoms with E-state index < -0.39 is 16.4 Å². The molecule has 1 aromatic carbocycles. The quantitative estimate of drug-likeness (QED) is 0.637. The van der Waals surface area contributed by atoms with E-state index in [0.29, 0.717) is 19.3 Å². The van der Waals surface area contributed by atoms with Crippen molar-refractivity contribution in [3.63, 3.8) is 0 Å². The molecule has 1 aliphatic rings. The van der Waals surface area contributed by atoms with Crippen LogP contribution in [0.1, 0.15) is 37.7 Å². The molecule has 0 unspecified atom stereocenters. The number of non-ortho nitro benzene ring substituents is 1.